The zero-order valence-electron chi connectivity index (χ0n) is 14.2. The highest BCUT2D eigenvalue weighted by atomic mass is 35.5. The van der Waals surface area contributed by atoms with E-state index in [0.29, 0.717) is 17.3 Å². The van der Waals surface area contributed by atoms with Gasteiger partial charge in [-0.15, -0.1) is 0 Å². The lowest BCUT2D eigenvalue weighted by atomic mass is 10.1. The first-order valence-electron chi connectivity index (χ1n) is 8.75. The molecular formula is C19H24ClN2O3+. The molecule has 2 N–H and O–H groups in total. The molecular weight excluding hydrogens is 340 g/mol. The van der Waals surface area contributed by atoms with E-state index in [2.05, 4.69) is 5.32 Å². The Morgan fingerprint density at radius 1 is 1.20 bits per heavy atom. The predicted molar refractivity (Wildman–Crippen MR) is 96.0 cm³/mol. The third-order valence-corrected chi connectivity index (χ3v) is 4.81. The number of hydrogen-bond acceptors (Lipinski definition) is 3. The van der Waals surface area contributed by atoms with Crippen LogP contribution in [0.15, 0.2) is 47.1 Å². The van der Waals surface area contributed by atoms with Gasteiger partial charge in [0.05, 0.1) is 25.9 Å². The van der Waals surface area contributed by atoms with Crippen LogP contribution in [-0.4, -0.2) is 32.1 Å². The van der Waals surface area contributed by atoms with E-state index >= 15 is 0 Å². The molecule has 1 saturated heterocycles. The van der Waals surface area contributed by atoms with Crippen LogP contribution in [0.2, 0.25) is 5.02 Å². The number of quaternary nitrogens is 1. The maximum absolute atomic E-state index is 12.1. The van der Waals surface area contributed by atoms with Crippen molar-refractivity contribution in [3.63, 3.8) is 0 Å². The van der Waals surface area contributed by atoms with Crippen LogP contribution in [0.25, 0.3) is 0 Å². The van der Waals surface area contributed by atoms with Crippen molar-refractivity contribution in [1.29, 1.82) is 0 Å². The minimum atomic E-state index is -0.136. The average molecular weight is 364 g/mol. The zero-order valence-corrected chi connectivity index (χ0v) is 14.9. The molecule has 0 saturated carbocycles. The van der Waals surface area contributed by atoms with Gasteiger partial charge in [0.25, 0.3) is 5.91 Å². The maximum Gasteiger partial charge on any atom is 0.258 e. The lowest BCUT2D eigenvalue weighted by molar-refractivity contribution is -0.936. The molecule has 5 nitrogen and oxygen atoms in total. The number of carbonyl (C=O) groups excluding carboxylic acids is 1. The summed E-state index contributed by atoms with van der Waals surface area (Å²) < 4.78 is 11.1. The fourth-order valence-corrected chi connectivity index (χ4v) is 3.36. The van der Waals surface area contributed by atoms with E-state index in [-0.39, 0.29) is 18.6 Å². The Hall–Kier alpha value is -1.98. The summed E-state index contributed by atoms with van der Waals surface area (Å²) in [5, 5.41) is 3.62. The van der Waals surface area contributed by atoms with E-state index in [1.54, 1.807) is 30.5 Å². The third kappa shape index (κ3) is 5.25. The summed E-state index contributed by atoms with van der Waals surface area (Å²) in [4.78, 5) is 13.6. The van der Waals surface area contributed by atoms with E-state index in [9.17, 15) is 4.79 Å². The molecule has 0 aliphatic carbocycles. The fraction of sp³-hybridized carbons (Fsp3) is 0.421. The van der Waals surface area contributed by atoms with Crippen LogP contribution in [0.4, 0.5) is 0 Å². The van der Waals surface area contributed by atoms with Gasteiger partial charge in [-0.2, -0.15) is 0 Å². The van der Waals surface area contributed by atoms with Gasteiger partial charge in [-0.05, 0) is 55.7 Å². The second-order valence-electron chi connectivity index (χ2n) is 6.33. The van der Waals surface area contributed by atoms with E-state index in [1.165, 1.54) is 24.2 Å². The van der Waals surface area contributed by atoms with Gasteiger partial charge in [0.1, 0.15) is 5.75 Å². The Balaban J connectivity index is 1.51. The number of benzene rings is 1. The quantitative estimate of drug-likeness (QED) is 0.793. The van der Waals surface area contributed by atoms with Crippen LogP contribution in [0.3, 0.4) is 0 Å². The van der Waals surface area contributed by atoms with Crippen molar-refractivity contribution in [1.82, 2.24) is 5.32 Å². The number of ether oxygens (including phenoxy) is 1. The van der Waals surface area contributed by atoms with Crippen LogP contribution < -0.4 is 15.0 Å². The second kappa shape index (κ2) is 8.92. The van der Waals surface area contributed by atoms with Crippen molar-refractivity contribution in [2.75, 3.05) is 26.2 Å². The topological polar surface area (TPSA) is 55.9 Å². The minimum Gasteiger partial charge on any atom is -0.484 e. The number of nitrogens with one attached hydrogen (secondary N) is 2. The summed E-state index contributed by atoms with van der Waals surface area (Å²) in [6.07, 6.45) is 5.42. The summed E-state index contributed by atoms with van der Waals surface area (Å²) in [6, 6.07) is 11.0. The van der Waals surface area contributed by atoms with Gasteiger partial charge >= 0.3 is 0 Å². The van der Waals surface area contributed by atoms with Crippen LogP contribution in [-0.2, 0) is 4.79 Å². The smallest absolute Gasteiger partial charge is 0.258 e. The molecule has 1 amide bonds. The standard InChI is InChI=1S/C19H23ClN2O3/c20-15-6-8-16(9-7-15)25-14-19(23)21-13-17(18-5-4-12-24-18)22-10-2-1-3-11-22/h4-9,12,17H,1-3,10-11,13-14H2,(H,21,23)/p+1/t17-/m0/s1. The van der Waals surface area contributed by atoms with E-state index in [4.69, 9.17) is 20.8 Å². The number of halogens is 1. The zero-order chi connectivity index (χ0) is 17.5. The molecule has 6 heteroatoms. The SMILES string of the molecule is O=C(COc1ccc(Cl)cc1)NC[C@@H](c1ccco1)[NH+]1CCCCC1. The third-order valence-electron chi connectivity index (χ3n) is 4.56. The Morgan fingerprint density at radius 3 is 2.64 bits per heavy atom. The number of carbonyl (C=O) groups is 1. The van der Waals surface area contributed by atoms with Crippen molar-refractivity contribution < 1.29 is 18.8 Å². The summed E-state index contributed by atoms with van der Waals surface area (Å²) >= 11 is 5.84. The van der Waals surface area contributed by atoms with Crippen LogP contribution in [0.1, 0.15) is 31.1 Å². The molecule has 0 bridgehead atoms. The predicted octanol–water partition coefficient (Wildman–Crippen LogP) is 2.24. The molecule has 3 rings (SSSR count). The van der Waals surface area contributed by atoms with E-state index in [1.807, 2.05) is 12.1 Å². The summed E-state index contributed by atoms with van der Waals surface area (Å²) in [5.74, 6) is 1.42. The molecule has 0 unspecified atom stereocenters. The lowest BCUT2D eigenvalue weighted by Crippen LogP contribution is -3.13. The van der Waals surface area contributed by atoms with Crippen molar-refractivity contribution in [3.05, 3.63) is 53.4 Å². The molecule has 1 aliphatic heterocycles. The van der Waals surface area contributed by atoms with Crippen LogP contribution in [0.5, 0.6) is 5.75 Å². The molecule has 0 radical (unpaired) electrons. The van der Waals surface area contributed by atoms with Gasteiger partial charge < -0.3 is 19.4 Å². The summed E-state index contributed by atoms with van der Waals surface area (Å²) in [6.45, 7) is 2.76. The molecule has 1 fully saturated rings. The van der Waals surface area contributed by atoms with Crippen LogP contribution in [0, 0.1) is 0 Å². The second-order valence-corrected chi connectivity index (χ2v) is 6.77. The highest BCUT2D eigenvalue weighted by Gasteiger charge is 2.28. The molecule has 2 aromatic rings. The normalized spacial score (nSPS) is 16.4. The number of likely N-dealkylation sites (tertiary alicyclic amines) is 1. The van der Waals surface area contributed by atoms with Crippen molar-refractivity contribution >= 4 is 17.5 Å². The van der Waals surface area contributed by atoms with Crippen molar-refractivity contribution in [3.8, 4) is 5.75 Å². The molecule has 1 aromatic heterocycles. The first-order valence-corrected chi connectivity index (χ1v) is 9.13. The van der Waals surface area contributed by atoms with E-state index in [0.717, 1.165) is 18.8 Å². The first-order chi connectivity index (χ1) is 12.2. The number of piperidine rings is 1. The highest BCUT2D eigenvalue weighted by Crippen LogP contribution is 2.15. The lowest BCUT2D eigenvalue weighted by Gasteiger charge is -2.30. The highest BCUT2D eigenvalue weighted by molar-refractivity contribution is 6.30. The molecule has 1 atom stereocenters. The van der Waals surface area contributed by atoms with Crippen molar-refractivity contribution in [2.24, 2.45) is 0 Å². The first kappa shape index (κ1) is 17.8. The monoisotopic (exact) mass is 363 g/mol. The number of hydrogen-bond donors (Lipinski definition) is 2. The van der Waals surface area contributed by atoms with Crippen molar-refractivity contribution in [2.45, 2.75) is 25.3 Å². The molecule has 1 aromatic carbocycles. The largest absolute Gasteiger partial charge is 0.484 e. The van der Waals surface area contributed by atoms with Gasteiger partial charge in [0.2, 0.25) is 0 Å². The summed E-state index contributed by atoms with van der Waals surface area (Å²) in [7, 11) is 0. The van der Waals surface area contributed by atoms with Gasteiger partial charge in [-0.3, -0.25) is 4.79 Å². The number of rotatable bonds is 7. The molecule has 2 heterocycles. The molecule has 25 heavy (non-hydrogen) atoms. The number of amides is 1. The Bertz CT molecular complexity index is 652. The fourth-order valence-electron chi connectivity index (χ4n) is 3.24. The minimum absolute atomic E-state index is 0.0121. The van der Waals surface area contributed by atoms with Crippen LogP contribution >= 0.6 is 11.6 Å². The van der Waals surface area contributed by atoms with Gasteiger partial charge in [-0.25, -0.2) is 0 Å². The Morgan fingerprint density at radius 2 is 1.96 bits per heavy atom. The molecule has 0 spiro atoms. The molecule has 1 aliphatic rings. The average Bonchev–Trinajstić information content (AvgIpc) is 3.17. The number of furan rings is 1. The van der Waals surface area contributed by atoms with Gasteiger partial charge in [0.15, 0.2) is 18.4 Å². The summed E-state index contributed by atoms with van der Waals surface area (Å²) in [5.41, 5.74) is 0. The Labute approximate surface area is 152 Å². The molecule has 134 valence electrons. The van der Waals surface area contributed by atoms with Gasteiger partial charge in [-0.1, -0.05) is 11.6 Å². The van der Waals surface area contributed by atoms with Gasteiger partial charge in [0, 0.05) is 5.02 Å². The van der Waals surface area contributed by atoms with E-state index < -0.39 is 0 Å². The maximum atomic E-state index is 12.1. The Kier molecular flexibility index (Phi) is 6.36.